The van der Waals surface area contributed by atoms with E-state index in [1.807, 2.05) is 6.20 Å². The maximum Gasteiger partial charge on any atom is 0.163 e. The van der Waals surface area contributed by atoms with E-state index in [4.69, 9.17) is 5.73 Å². The van der Waals surface area contributed by atoms with E-state index in [0.29, 0.717) is 40.8 Å². The normalized spacial score (nSPS) is 17.2. The standard InChI is InChI=1S/C26H28FN5O/c1-31-8-6-18(7-9-31)14-32-15-20(24-25(28)29-16-30-26(24)32)5-4-19-10-21(13-22(27)11-19)23(33)12-17-2-3-17/h10-11,13,15-18H,2-3,6-9,12,14H2,1H3,(H2,28,29,30). The fraction of sp³-hybridized carbons (Fsp3) is 0.423. The number of hydrogen-bond acceptors (Lipinski definition) is 5. The summed E-state index contributed by atoms with van der Waals surface area (Å²) >= 11 is 0. The summed E-state index contributed by atoms with van der Waals surface area (Å²) in [7, 11) is 2.15. The number of anilines is 1. The van der Waals surface area contributed by atoms with Gasteiger partial charge in [-0.3, -0.25) is 4.79 Å². The summed E-state index contributed by atoms with van der Waals surface area (Å²) in [5.41, 5.74) is 8.53. The number of fused-ring (bicyclic) bond motifs is 1. The van der Waals surface area contributed by atoms with Crippen LogP contribution in [0.1, 0.15) is 53.6 Å². The van der Waals surface area contributed by atoms with Gasteiger partial charge in [0.25, 0.3) is 0 Å². The van der Waals surface area contributed by atoms with Gasteiger partial charge in [-0.15, -0.1) is 0 Å². The summed E-state index contributed by atoms with van der Waals surface area (Å²) in [6, 6.07) is 4.34. The molecule has 0 unspecified atom stereocenters. The SMILES string of the molecule is CN1CCC(Cn2cc(C#Cc3cc(F)cc(C(=O)CC4CC4)c3)c3c(N)ncnc32)CC1. The molecule has 0 atom stereocenters. The first kappa shape index (κ1) is 21.6. The van der Waals surface area contributed by atoms with Crippen molar-refractivity contribution in [2.75, 3.05) is 25.9 Å². The lowest BCUT2D eigenvalue weighted by Crippen LogP contribution is -2.31. The zero-order chi connectivity index (χ0) is 22.9. The number of likely N-dealkylation sites (tertiary alicyclic amines) is 1. The Hall–Kier alpha value is -3.24. The molecular weight excluding hydrogens is 417 g/mol. The Morgan fingerprint density at radius 1 is 1.12 bits per heavy atom. The van der Waals surface area contributed by atoms with Gasteiger partial charge in [-0.1, -0.05) is 11.8 Å². The predicted octanol–water partition coefficient (Wildman–Crippen LogP) is 3.88. The van der Waals surface area contributed by atoms with Gasteiger partial charge in [0.15, 0.2) is 5.78 Å². The van der Waals surface area contributed by atoms with Crippen LogP contribution in [0.4, 0.5) is 10.2 Å². The number of aromatic nitrogens is 3. The van der Waals surface area contributed by atoms with Crippen molar-refractivity contribution in [2.24, 2.45) is 11.8 Å². The van der Waals surface area contributed by atoms with Crippen molar-refractivity contribution in [2.45, 2.75) is 38.6 Å². The van der Waals surface area contributed by atoms with Crippen LogP contribution in [0, 0.1) is 29.5 Å². The summed E-state index contributed by atoms with van der Waals surface area (Å²) in [5, 5.41) is 0.722. The van der Waals surface area contributed by atoms with Crippen molar-refractivity contribution in [3.05, 3.63) is 53.2 Å². The highest BCUT2D eigenvalue weighted by atomic mass is 19.1. The van der Waals surface area contributed by atoms with E-state index in [1.54, 1.807) is 6.07 Å². The van der Waals surface area contributed by atoms with Gasteiger partial charge in [0.05, 0.1) is 10.9 Å². The number of carbonyl (C=O) groups excluding carboxylic acids is 1. The molecule has 3 aromatic rings. The van der Waals surface area contributed by atoms with E-state index in [2.05, 4.69) is 38.3 Å². The molecule has 7 heteroatoms. The van der Waals surface area contributed by atoms with Crippen molar-refractivity contribution in [1.82, 2.24) is 19.4 Å². The summed E-state index contributed by atoms with van der Waals surface area (Å²) in [5.74, 6) is 7.10. The van der Waals surface area contributed by atoms with Crippen molar-refractivity contribution in [3.8, 4) is 11.8 Å². The van der Waals surface area contributed by atoms with Gasteiger partial charge in [0.2, 0.25) is 0 Å². The molecule has 0 amide bonds. The summed E-state index contributed by atoms with van der Waals surface area (Å²) in [6.07, 6.45) is 8.37. The minimum atomic E-state index is -0.450. The number of nitrogen functional groups attached to an aromatic ring is 1. The number of Topliss-reactive ketones (excluding diaryl/α,β-unsaturated/α-hetero) is 1. The Balaban J connectivity index is 1.45. The first-order chi connectivity index (χ1) is 16.0. The van der Waals surface area contributed by atoms with Crippen LogP contribution in [-0.2, 0) is 6.54 Å². The minimum Gasteiger partial charge on any atom is -0.383 e. The number of halogens is 1. The van der Waals surface area contributed by atoms with E-state index >= 15 is 0 Å². The molecule has 170 valence electrons. The zero-order valence-corrected chi connectivity index (χ0v) is 18.9. The molecule has 2 fully saturated rings. The fourth-order valence-corrected chi connectivity index (χ4v) is 4.57. The van der Waals surface area contributed by atoms with Gasteiger partial charge >= 0.3 is 0 Å². The van der Waals surface area contributed by atoms with Crippen LogP contribution in [0.2, 0.25) is 0 Å². The molecule has 1 saturated carbocycles. The number of nitrogens with two attached hydrogens (primary N) is 1. The molecule has 1 aliphatic carbocycles. The molecule has 0 spiro atoms. The fourth-order valence-electron chi connectivity index (χ4n) is 4.57. The largest absolute Gasteiger partial charge is 0.383 e. The Bertz CT molecular complexity index is 1260. The summed E-state index contributed by atoms with van der Waals surface area (Å²) < 4.78 is 16.3. The lowest BCUT2D eigenvalue weighted by atomic mass is 9.97. The van der Waals surface area contributed by atoms with E-state index < -0.39 is 5.82 Å². The zero-order valence-electron chi connectivity index (χ0n) is 18.9. The molecule has 2 N–H and O–H groups in total. The number of benzene rings is 1. The number of nitrogens with zero attached hydrogens (tertiary/aromatic N) is 4. The van der Waals surface area contributed by atoms with Crippen LogP contribution in [0.5, 0.6) is 0 Å². The van der Waals surface area contributed by atoms with Crippen LogP contribution >= 0.6 is 0 Å². The third-order valence-electron chi connectivity index (χ3n) is 6.71. The maximum absolute atomic E-state index is 14.2. The van der Waals surface area contributed by atoms with Crippen LogP contribution in [0.3, 0.4) is 0 Å². The summed E-state index contributed by atoms with van der Waals surface area (Å²) in [4.78, 5) is 23.4. The Labute approximate surface area is 193 Å². The smallest absolute Gasteiger partial charge is 0.163 e. The highest BCUT2D eigenvalue weighted by molar-refractivity contribution is 5.97. The molecular formula is C26H28FN5O. The lowest BCUT2D eigenvalue weighted by molar-refractivity contribution is 0.0975. The molecule has 1 aliphatic heterocycles. The molecule has 6 nitrogen and oxygen atoms in total. The van der Waals surface area contributed by atoms with Crippen molar-refractivity contribution < 1.29 is 9.18 Å². The molecule has 2 aliphatic rings. The third-order valence-corrected chi connectivity index (χ3v) is 6.71. The van der Waals surface area contributed by atoms with Crippen LogP contribution in [0.25, 0.3) is 11.0 Å². The van der Waals surface area contributed by atoms with E-state index in [0.717, 1.165) is 56.4 Å². The average molecular weight is 446 g/mol. The summed E-state index contributed by atoms with van der Waals surface area (Å²) in [6.45, 7) is 3.03. The maximum atomic E-state index is 14.2. The monoisotopic (exact) mass is 445 g/mol. The molecule has 33 heavy (non-hydrogen) atoms. The van der Waals surface area contributed by atoms with Crippen LogP contribution in [0.15, 0.2) is 30.7 Å². The van der Waals surface area contributed by atoms with Gasteiger partial charge in [-0.25, -0.2) is 14.4 Å². The van der Waals surface area contributed by atoms with Gasteiger partial charge in [0.1, 0.15) is 23.6 Å². The Morgan fingerprint density at radius 3 is 2.67 bits per heavy atom. The quantitative estimate of drug-likeness (QED) is 0.476. The molecule has 3 heterocycles. The molecule has 0 radical (unpaired) electrons. The number of hydrogen-bond donors (Lipinski definition) is 1. The van der Waals surface area contributed by atoms with Crippen LogP contribution < -0.4 is 5.73 Å². The van der Waals surface area contributed by atoms with Crippen molar-refractivity contribution in [1.29, 1.82) is 0 Å². The van der Waals surface area contributed by atoms with E-state index in [1.165, 1.54) is 18.5 Å². The second-order valence-corrected chi connectivity index (χ2v) is 9.45. The highest BCUT2D eigenvalue weighted by Gasteiger charge is 2.25. The average Bonchev–Trinajstić information content (AvgIpc) is 3.54. The molecule has 1 saturated heterocycles. The first-order valence-electron chi connectivity index (χ1n) is 11.6. The van der Waals surface area contributed by atoms with Gasteiger partial charge in [0, 0.05) is 30.3 Å². The minimum absolute atomic E-state index is 0.0209. The molecule has 1 aromatic carbocycles. The Kier molecular flexibility index (Phi) is 5.86. The first-order valence-corrected chi connectivity index (χ1v) is 11.6. The van der Waals surface area contributed by atoms with E-state index in [9.17, 15) is 9.18 Å². The van der Waals surface area contributed by atoms with Crippen molar-refractivity contribution in [3.63, 3.8) is 0 Å². The van der Waals surface area contributed by atoms with Gasteiger partial charge in [-0.05, 0) is 75.9 Å². The lowest BCUT2D eigenvalue weighted by Gasteiger charge is -2.29. The highest BCUT2D eigenvalue weighted by Crippen LogP contribution is 2.33. The molecule has 5 rings (SSSR count). The number of ketones is 1. The second kappa shape index (κ2) is 8.95. The third kappa shape index (κ3) is 4.91. The molecule has 0 bridgehead atoms. The topological polar surface area (TPSA) is 77.0 Å². The van der Waals surface area contributed by atoms with Crippen molar-refractivity contribution >= 4 is 22.6 Å². The number of carbonyl (C=O) groups is 1. The number of piperidine rings is 1. The van der Waals surface area contributed by atoms with Crippen LogP contribution in [-0.4, -0.2) is 45.4 Å². The van der Waals surface area contributed by atoms with Gasteiger partial charge < -0.3 is 15.2 Å². The van der Waals surface area contributed by atoms with E-state index in [-0.39, 0.29) is 5.78 Å². The van der Waals surface area contributed by atoms with Gasteiger partial charge in [-0.2, -0.15) is 0 Å². The Morgan fingerprint density at radius 2 is 1.91 bits per heavy atom. The molecule has 2 aromatic heterocycles. The predicted molar refractivity (Wildman–Crippen MR) is 126 cm³/mol. The second-order valence-electron chi connectivity index (χ2n) is 9.45. The number of rotatable bonds is 5.